The molecule has 4 nitrogen and oxygen atoms in total. The van der Waals surface area contributed by atoms with Crippen molar-refractivity contribution in [2.75, 3.05) is 19.7 Å². The van der Waals surface area contributed by atoms with Gasteiger partial charge in [-0.05, 0) is 6.42 Å². The molecule has 0 bridgehead atoms. The fourth-order valence-corrected chi connectivity index (χ4v) is 2.10. The highest BCUT2D eigenvalue weighted by Crippen LogP contribution is 2.10. The van der Waals surface area contributed by atoms with E-state index in [1.165, 1.54) is 51.4 Å². The summed E-state index contributed by atoms with van der Waals surface area (Å²) in [4.78, 5) is 16.6. The molecule has 0 saturated heterocycles. The van der Waals surface area contributed by atoms with Crippen molar-refractivity contribution in [2.45, 2.75) is 78.1 Å². The summed E-state index contributed by atoms with van der Waals surface area (Å²) in [5.41, 5.74) is 2.76. The van der Waals surface area contributed by atoms with Crippen LogP contribution >= 0.6 is 0 Å². The number of carbonyl (C=O) groups is 1. The zero-order chi connectivity index (χ0) is 14.9. The average Bonchev–Trinajstić information content (AvgIpc) is 2.45. The minimum Gasteiger partial charge on any atom is -0.354 e. The Morgan fingerprint density at radius 3 is 2.10 bits per heavy atom. The van der Waals surface area contributed by atoms with Crippen molar-refractivity contribution in [3.05, 3.63) is 0 Å². The standard InChI is InChI=1S/C16H34N2O2/c1-3-5-6-7-8-9-10-11-12-13-16(19)17-14-15-20-18-4-2/h18H,3-15H2,1-2H3,(H,17,19). The highest BCUT2D eigenvalue weighted by atomic mass is 16.6. The molecule has 4 heteroatoms. The molecule has 0 radical (unpaired) electrons. The van der Waals surface area contributed by atoms with Crippen LogP contribution in [0.25, 0.3) is 0 Å². The molecule has 0 atom stereocenters. The van der Waals surface area contributed by atoms with Crippen LogP contribution in [-0.4, -0.2) is 25.6 Å². The van der Waals surface area contributed by atoms with E-state index in [1.54, 1.807) is 0 Å². The monoisotopic (exact) mass is 286 g/mol. The van der Waals surface area contributed by atoms with Gasteiger partial charge in [0.25, 0.3) is 0 Å². The second-order valence-electron chi connectivity index (χ2n) is 5.27. The first-order valence-electron chi connectivity index (χ1n) is 8.42. The highest BCUT2D eigenvalue weighted by Gasteiger charge is 2.00. The molecule has 0 aliphatic rings. The van der Waals surface area contributed by atoms with Crippen LogP contribution in [0.4, 0.5) is 0 Å². The molecule has 2 N–H and O–H groups in total. The van der Waals surface area contributed by atoms with Gasteiger partial charge in [-0.2, -0.15) is 0 Å². The smallest absolute Gasteiger partial charge is 0.220 e. The quantitative estimate of drug-likeness (QED) is 0.357. The first-order valence-corrected chi connectivity index (χ1v) is 8.42. The first-order chi connectivity index (χ1) is 9.81. The van der Waals surface area contributed by atoms with Crippen LogP contribution < -0.4 is 10.8 Å². The molecule has 0 aromatic carbocycles. The third kappa shape index (κ3) is 15.4. The van der Waals surface area contributed by atoms with Gasteiger partial charge >= 0.3 is 0 Å². The van der Waals surface area contributed by atoms with E-state index in [0.29, 0.717) is 19.6 Å². The van der Waals surface area contributed by atoms with Gasteiger partial charge < -0.3 is 5.32 Å². The van der Waals surface area contributed by atoms with E-state index in [-0.39, 0.29) is 5.91 Å². The van der Waals surface area contributed by atoms with Crippen molar-refractivity contribution in [1.82, 2.24) is 10.8 Å². The number of carbonyl (C=O) groups excluding carboxylic acids is 1. The summed E-state index contributed by atoms with van der Waals surface area (Å²) < 4.78 is 0. The van der Waals surface area contributed by atoms with Crippen LogP contribution in [0.2, 0.25) is 0 Å². The van der Waals surface area contributed by atoms with Crippen molar-refractivity contribution in [1.29, 1.82) is 0 Å². The van der Waals surface area contributed by atoms with E-state index < -0.39 is 0 Å². The number of amides is 1. The molecule has 0 aromatic rings. The lowest BCUT2D eigenvalue weighted by atomic mass is 10.1. The molecular formula is C16H34N2O2. The fourth-order valence-electron chi connectivity index (χ4n) is 2.10. The van der Waals surface area contributed by atoms with Crippen LogP contribution in [0.3, 0.4) is 0 Å². The average molecular weight is 286 g/mol. The molecule has 0 unspecified atom stereocenters. The van der Waals surface area contributed by atoms with E-state index in [9.17, 15) is 4.79 Å². The van der Waals surface area contributed by atoms with Gasteiger partial charge in [0.1, 0.15) is 0 Å². The lowest BCUT2D eigenvalue weighted by Crippen LogP contribution is -2.29. The molecule has 0 aliphatic carbocycles. The number of hydrogen-bond acceptors (Lipinski definition) is 3. The Hall–Kier alpha value is -0.610. The van der Waals surface area contributed by atoms with E-state index >= 15 is 0 Å². The Morgan fingerprint density at radius 2 is 1.50 bits per heavy atom. The summed E-state index contributed by atoms with van der Waals surface area (Å²) in [7, 11) is 0. The summed E-state index contributed by atoms with van der Waals surface area (Å²) in [5, 5.41) is 2.86. The second kappa shape index (κ2) is 16.4. The molecule has 0 spiro atoms. The summed E-state index contributed by atoms with van der Waals surface area (Å²) in [5.74, 6) is 0.146. The van der Waals surface area contributed by atoms with Crippen LogP contribution in [0.1, 0.15) is 78.1 Å². The maximum Gasteiger partial charge on any atom is 0.220 e. The number of hydrogen-bond donors (Lipinski definition) is 2. The predicted molar refractivity (Wildman–Crippen MR) is 84.5 cm³/mol. The summed E-state index contributed by atoms with van der Waals surface area (Å²) in [6, 6.07) is 0. The van der Waals surface area contributed by atoms with Gasteiger partial charge in [-0.3, -0.25) is 9.63 Å². The van der Waals surface area contributed by atoms with Crippen molar-refractivity contribution < 1.29 is 9.63 Å². The molecule has 20 heavy (non-hydrogen) atoms. The summed E-state index contributed by atoms with van der Waals surface area (Å²) >= 11 is 0. The predicted octanol–water partition coefficient (Wildman–Crippen LogP) is 3.56. The van der Waals surface area contributed by atoms with Crippen molar-refractivity contribution in [3.63, 3.8) is 0 Å². The van der Waals surface area contributed by atoms with Crippen LogP contribution in [-0.2, 0) is 9.63 Å². The Labute approximate surface area is 125 Å². The molecule has 0 rings (SSSR count). The number of unbranched alkanes of at least 4 members (excludes halogenated alkanes) is 8. The third-order valence-electron chi connectivity index (χ3n) is 3.28. The summed E-state index contributed by atoms with van der Waals surface area (Å²) in [6.45, 7) is 6.12. The van der Waals surface area contributed by atoms with Gasteiger partial charge in [-0.25, -0.2) is 5.48 Å². The van der Waals surface area contributed by atoms with Crippen molar-refractivity contribution >= 4 is 5.91 Å². The zero-order valence-corrected chi connectivity index (χ0v) is 13.5. The third-order valence-corrected chi connectivity index (χ3v) is 3.28. The normalized spacial score (nSPS) is 10.7. The molecule has 0 saturated carbocycles. The molecule has 1 amide bonds. The van der Waals surface area contributed by atoms with Crippen molar-refractivity contribution in [3.8, 4) is 0 Å². The number of hydroxylamine groups is 1. The van der Waals surface area contributed by atoms with E-state index in [1.807, 2.05) is 6.92 Å². The second-order valence-corrected chi connectivity index (χ2v) is 5.27. The summed E-state index contributed by atoms with van der Waals surface area (Å²) in [6.07, 6.45) is 12.2. The van der Waals surface area contributed by atoms with Crippen molar-refractivity contribution in [2.24, 2.45) is 0 Å². The number of nitrogens with one attached hydrogen (secondary N) is 2. The Morgan fingerprint density at radius 1 is 0.900 bits per heavy atom. The molecular weight excluding hydrogens is 252 g/mol. The maximum atomic E-state index is 11.5. The fraction of sp³-hybridized carbons (Fsp3) is 0.938. The lowest BCUT2D eigenvalue weighted by molar-refractivity contribution is -0.121. The molecule has 0 aromatic heterocycles. The minimum absolute atomic E-state index is 0.146. The Bertz CT molecular complexity index is 211. The van der Waals surface area contributed by atoms with Gasteiger partial charge in [0.15, 0.2) is 0 Å². The van der Waals surface area contributed by atoms with Gasteiger partial charge in [-0.1, -0.05) is 65.2 Å². The van der Waals surface area contributed by atoms with Crippen LogP contribution in [0, 0.1) is 0 Å². The maximum absolute atomic E-state index is 11.5. The Kier molecular flexibility index (Phi) is 15.9. The molecule has 0 fully saturated rings. The largest absolute Gasteiger partial charge is 0.354 e. The topological polar surface area (TPSA) is 50.4 Å². The van der Waals surface area contributed by atoms with Gasteiger partial charge in [0, 0.05) is 19.5 Å². The van der Waals surface area contributed by atoms with Gasteiger partial charge in [-0.15, -0.1) is 0 Å². The molecule has 120 valence electrons. The number of rotatable bonds is 15. The van der Waals surface area contributed by atoms with Crippen LogP contribution in [0.5, 0.6) is 0 Å². The van der Waals surface area contributed by atoms with E-state index in [0.717, 1.165) is 13.0 Å². The SMILES string of the molecule is CCCCCCCCCCCC(=O)NCCONCC. The lowest BCUT2D eigenvalue weighted by Gasteiger charge is -2.06. The van der Waals surface area contributed by atoms with Crippen LogP contribution in [0.15, 0.2) is 0 Å². The van der Waals surface area contributed by atoms with Gasteiger partial charge in [0.05, 0.1) is 6.61 Å². The zero-order valence-electron chi connectivity index (χ0n) is 13.5. The Balaban J connectivity index is 3.11. The van der Waals surface area contributed by atoms with E-state index in [2.05, 4.69) is 17.7 Å². The highest BCUT2D eigenvalue weighted by molar-refractivity contribution is 5.75. The molecule has 0 heterocycles. The van der Waals surface area contributed by atoms with Gasteiger partial charge in [0.2, 0.25) is 5.91 Å². The molecule has 0 aliphatic heterocycles. The first kappa shape index (κ1) is 19.4. The van der Waals surface area contributed by atoms with E-state index in [4.69, 9.17) is 4.84 Å². The minimum atomic E-state index is 0.146.